The van der Waals surface area contributed by atoms with Crippen LogP contribution in [-0.2, 0) is 23.7 Å². The number of carbonyl (C=O) groups excluding carboxylic acids is 1. The molecule has 0 aromatic rings. The van der Waals surface area contributed by atoms with Gasteiger partial charge in [0.05, 0.1) is 0 Å². The van der Waals surface area contributed by atoms with Gasteiger partial charge in [0, 0.05) is 6.42 Å². The molecule has 0 bridgehead atoms. The van der Waals surface area contributed by atoms with Gasteiger partial charge in [-0.1, -0.05) is 110 Å². The predicted octanol–water partition coefficient (Wildman–Crippen LogP) is 2.68. The Bertz CT molecular complexity index is 466. The van der Waals surface area contributed by atoms with Gasteiger partial charge in [-0.2, -0.15) is 18.6 Å². The maximum absolute atomic E-state index is 11.4. The van der Waals surface area contributed by atoms with E-state index < -0.39 is 16.4 Å². The van der Waals surface area contributed by atoms with Crippen molar-refractivity contribution in [3.63, 3.8) is 0 Å². The summed E-state index contributed by atoms with van der Waals surface area (Å²) in [5, 5.41) is 0. The predicted molar refractivity (Wildman–Crippen MR) is 110 cm³/mol. The standard InChI is InChI=1S/C20H41NO5S.Na.H/c1-3-4-5-6-7-8-9-10-11-12-13-14-15-16-17-19(2)18-20(22)25-27(23,24)26-21;;/h19H,3-18,21H2,1-2H3;;/q;+1;-1. The number of unbranched alkanes of at least 4 members (excludes halogenated alkanes) is 13. The Morgan fingerprint density at radius 1 is 0.857 bits per heavy atom. The average Bonchev–Trinajstić information content (AvgIpc) is 2.61. The monoisotopic (exact) mass is 431 g/mol. The third-order valence-electron chi connectivity index (χ3n) is 4.88. The summed E-state index contributed by atoms with van der Waals surface area (Å²) in [6.45, 7) is 4.17. The number of carbonyl (C=O) groups is 1. The molecule has 0 aromatic heterocycles. The van der Waals surface area contributed by atoms with E-state index in [2.05, 4.69) is 21.3 Å². The fourth-order valence-electron chi connectivity index (χ4n) is 3.24. The van der Waals surface area contributed by atoms with E-state index in [0.717, 1.165) is 19.3 Å². The van der Waals surface area contributed by atoms with Crippen LogP contribution < -0.4 is 35.5 Å². The van der Waals surface area contributed by atoms with Gasteiger partial charge in [-0.25, -0.2) is 0 Å². The second-order valence-corrected chi connectivity index (χ2v) is 8.83. The Balaban J connectivity index is -0.00000338. The molecular formula is C20H42NNaO5S. The molecule has 164 valence electrons. The number of nitrogens with two attached hydrogens (primary N) is 1. The van der Waals surface area contributed by atoms with Crippen LogP contribution in [0.2, 0.25) is 0 Å². The molecule has 0 fully saturated rings. The fraction of sp³-hybridized carbons (Fsp3) is 0.950. The molecule has 0 amide bonds. The quantitative estimate of drug-likeness (QED) is 0.192. The molecule has 6 nitrogen and oxygen atoms in total. The summed E-state index contributed by atoms with van der Waals surface area (Å²) in [7, 11) is -4.39. The Morgan fingerprint density at radius 2 is 1.25 bits per heavy atom. The van der Waals surface area contributed by atoms with Crippen molar-refractivity contribution in [2.75, 3.05) is 0 Å². The summed E-state index contributed by atoms with van der Waals surface area (Å²) in [5.41, 5.74) is 0. The van der Waals surface area contributed by atoms with Gasteiger partial charge >= 0.3 is 45.9 Å². The van der Waals surface area contributed by atoms with Gasteiger partial charge in [0.1, 0.15) is 0 Å². The second-order valence-electron chi connectivity index (χ2n) is 7.65. The van der Waals surface area contributed by atoms with Gasteiger partial charge < -0.3 is 5.61 Å². The van der Waals surface area contributed by atoms with E-state index in [1.54, 1.807) is 0 Å². The second kappa shape index (κ2) is 20.6. The molecule has 0 heterocycles. The van der Waals surface area contributed by atoms with Crippen molar-refractivity contribution >= 4 is 16.4 Å². The van der Waals surface area contributed by atoms with Gasteiger partial charge in [-0.15, -0.1) is 0 Å². The SMILES string of the molecule is CCCCCCCCCCCCCCCCC(C)CC(=O)OS(=O)(=O)ON.[H-].[Na+]. The van der Waals surface area contributed by atoms with Crippen molar-refractivity contribution in [1.29, 1.82) is 0 Å². The van der Waals surface area contributed by atoms with Gasteiger partial charge in [-0.05, 0) is 5.92 Å². The molecule has 0 spiro atoms. The molecule has 28 heavy (non-hydrogen) atoms. The van der Waals surface area contributed by atoms with Crippen molar-refractivity contribution < 1.29 is 52.7 Å². The van der Waals surface area contributed by atoms with E-state index in [1.807, 2.05) is 6.92 Å². The van der Waals surface area contributed by atoms with E-state index in [0.29, 0.717) is 0 Å². The molecule has 0 aliphatic rings. The molecule has 8 heteroatoms. The number of hydrogen-bond acceptors (Lipinski definition) is 6. The first-order valence-electron chi connectivity index (χ1n) is 10.8. The maximum Gasteiger partial charge on any atom is 1.00 e. The third-order valence-corrected chi connectivity index (χ3v) is 5.50. The summed E-state index contributed by atoms with van der Waals surface area (Å²) in [5.74, 6) is 3.78. The first-order valence-corrected chi connectivity index (χ1v) is 12.1. The largest absolute Gasteiger partial charge is 1.00 e. The minimum absolute atomic E-state index is 0. The number of rotatable bonds is 19. The van der Waals surface area contributed by atoms with Crippen molar-refractivity contribution in [3.05, 3.63) is 0 Å². The molecular weight excluding hydrogens is 389 g/mol. The Hall–Kier alpha value is 0.340. The molecule has 0 saturated carbocycles. The van der Waals surface area contributed by atoms with Gasteiger partial charge in [-0.3, -0.25) is 4.79 Å². The third kappa shape index (κ3) is 21.1. The van der Waals surface area contributed by atoms with E-state index in [-0.39, 0.29) is 43.3 Å². The minimum Gasteiger partial charge on any atom is -1.00 e. The first-order chi connectivity index (χ1) is 12.9. The van der Waals surface area contributed by atoms with Crippen LogP contribution in [0, 0.1) is 5.92 Å². The van der Waals surface area contributed by atoms with Crippen LogP contribution in [0.3, 0.4) is 0 Å². The smallest absolute Gasteiger partial charge is 1.00 e. The maximum atomic E-state index is 11.4. The van der Waals surface area contributed by atoms with E-state index in [9.17, 15) is 13.2 Å². The van der Waals surface area contributed by atoms with Crippen LogP contribution >= 0.6 is 0 Å². The van der Waals surface area contributed by atoms with E-state index >= 15 is 0 Å². The van der Waals surface area contributed by atoms with E-state index in [1.165, 1.54) is 77.0 Å². The molecule has 0 aliphatic carbocycles. The van der Waals surface area contributed by atoms with Gasteiger partial charge in [0.2, 0.25) is 0 Å². The topological polar surface area (TPSA) is 95.7 Å². The van der Waals surface area contributed by atoms with Crippen LogP contribution in [0.5, 0.6) is 0 Å². The minimum atomic E-state index is -4.39. The summed E-state index contributed by atoms with van der Waals surface area (Å²) >= 11 is 0. The molecule has 0 radical (unpaired) electrons. The Kier molecular flexibility index (Phi) is 22.5. The average molecular weight is 432 g/mol. The van der Waals surface area contributed by atoms with Gasteiger partial charge in [0.15, 0.2) is 0 Å². The molecule has 1 unspecified atom stereocenters. The Labute approximate surface area is 196 Å². The summed E-state index contributed by atoms with van der Waals surface area (Å²) < 4.78 is 29.6. The van der Waals surface area contributed by atoms with Crippen LogP contribution in [-0.4, -0.2) is 14.4 Å². The molecule has 2 N–H and O–H groups in total. The molecule has 0 rings (SSSR count). The van der Waals surface area contributed by atoms with Crippen LogP contribution in [0.1, 0.15) is 118 Å². The molecule has 0 saturated heterocycles. The van der Waals surface area contributed by atoms with Crippen LogP contribution in [0.15, 0.2) is 0 Å². The van der Waals surface area contributed by atoms with Crippen molar-refractivity contribution in [2.24, 2.45) is 11.8 Å². The summed E-state index contributed by atoms with van der Waals surface area (Å²) in [6, 6.07) is 0. The van der Waals surface area contributed by atoms with Crippen molar-refractivity contribution in [2.45, 2.75) is 117 Å². The molecule has 1 atom stereocenters. The van der Waals surface area contributed by atoms with Crippen molar-refractivity contribution in [3.8, 4) is 0 Å². The van der Waals surface area contributed by atoms with E-state index in [4.69, 9.17) is 0 Å². The Morgan fingerprint density at radius 3 is 1.64 bits per heavy atom. The van der Waals surface area contributed by atoms with Crippen molar-refractivity contribution in [1.82, 2.24) is 0 Å². The summed E-state index contributed by atoms with van der Waals surface area (Å²) in [6.07, 6.45) is 19.3. The van der Waals surface area contributed by atoms with Crippen LogP contribution in [0.25, 0.3) is 0 Å². The van der Waals surface area contributed by atoms with Crippen LogP contribution in [0.4, 0.5) is 0 Å². The zero-order valence-corrected chi connectivity index (χ0v) is 21.2. The molecule has 0 aromatic carbocycles. The zero-order valence-electron chi connectivity index (χ0n) is 19.4. The summed E-state index contributed by atoms with van der Waals surface area (Å²) in [4.78, 5) is 11.4. The normalized spacial score (nSPS) is 12.4. The van der Waals surface area contributed by atoms with Gasteiger partial charge in [0.25, 0.3) is 0 Å². The molecule has 0 aliphatic heterocycles. The first kappa shape index (κ1) is 30.5. The number of hydrogen-bond donors (Lipinski definition) is 1. The zero-order chi connectivity index (χ0) is 20.4. The fourth-order valence-corrected chi connectivity index (χ4v) is 3.58.